The second kappa shape index (κ2) is 8.00. The first-order chi connectivity index (χ1) is 13.7. The molecule has 1 heterocycles. The van der Waals surface area contributed by atoms with Crippen molar-refractivity contribution in [2.24, 2.45) is 5.92 Å². The predicted octanol–water partition coefficient (Wildman–Crippen LogP) is 6.68. The molecule has 2 aromatic rings. The predicted molar refractivity (Wildman–Crippen MR) is 109 cm³/mol. The number of pyridine rings is 1. The minimum atomic E-state index is -4.42. The molecular weight excluding hydrogens is 382 g/mol. The number of allylic oxidation sites excluding steroid dienone is 1. The maximum Gasteiger partial charge on any atom is 0.418 e. The van der Waals surface area contributed by atoms with Gasteiger partial charge in [0.1, 0.15) is 11.6 Å². The summed E-state index contributed by atoms with van der Waals surface area (Å²) >= 11 is 0. The highest BCUT2D eigenvalue weighted by Gasteiger charge is 2.33. The highest BCUT2D eigenvalue weighted by molar-refractivity contribution is 5.52. The van der Waals surface area contributed by atoms with E-state index in [0.29, 0.717) is 12.2 Å². The smallest absolute Gasteiger partial charge is 0.352 e. The van der Waals surface area contributed by atoms with Gasteiger partial charge < -0.3 is 10.6 Å². The van der Waals surface area contributed by atoms with Crippen molar-refractivity contribution in [2.75, 3.05) is 10.6 Å². The molecule has 1 aliphatic rings. The Balaban J connectivity index is 0.00000240. The maximum absolute atomic E-state index is 13.0. The van der Waals surface area contributed by atoms with E-state index in [4.69, 9.17) is 0 Å². The highest BCUT2D eigenvalue weighted by Crippen LogP contribution is 2.34. The number of benzene rings is 1. The molecular formula is C22H23F4N3. The van der Waals surface area contributed by atoms with E-state index in [2.05, 4.69) is 33.7 Å². The number of alkyl halides is 3. The minimum Gasteiger partial charge on any atom is -0.352 e. The van der Waals surface area contributed by atoms with Crippen LogP contribution in [0.5, 0.6) is 0 Å². The van der Waals surface area contributed by atoms with Crippen LogP contribution >= 0.6 is 0 Å². The average Bonchev–Trinajstić information content (AvgIpc) is 2.62. The SMILES string of the molecule is C=C=C(Nc1ccc(F)cc1)C(C)C1=C=C(Nc2ccc(C(F)(F)F)c(C)n2)C1.[HH].[HH]. The van der Waals surface area contributed by atoms with Crippen LogP contribution in [0.3, 0.4) is 0 Å². The highest BCUT2D eigenvalue weighted by atomic mass is 19.4. The van der Waals surface area contributed by atoms with Crippen molar-refractivity contribution in [2.45, 2.75) is 26.4 Å². The van der Waals surface area contributed by atoms with Crippen molar-refractivity contribution in [1.82, 2.24) is 4.98 Å². The summed E-state index contributed by atoms with van der Waals surface area (Å²) in [5.74, 6) is -0.0285. The Hall–Kier alpha value is -3.27. The van der Waals surface area contributed by atoms with Crippen LogP contribution in [-0.2, 0) is 6.18 Å². The Morgan fingerprint density at radius 3 is 2.45 bits per heavy atom. The minimum absolute atomic E-state index is 0. The van der Waals surface area contributed by atoms with Gasteiger partial charge in [0.25, 0.3) is 0 Å². The van der Waals surface area contributed by atoms with E-state index >= 15 is 0 Å². The molecule has 0 aliphatic heterocycles. The molecule has 1 atom stereocenters. The first kappa shape index (κ1) is 20.5. The number of nitrogens with one attached hydrogen (secondary N) is 2. The number of rotatable bonds is 6. The summed E-state index contributed by atoms with van der Waals surface area (Å²) in [7, 11) is 0. The lowest BCUT2D eigenvalue weighted by atomic mass is 9.89. The van der Waals surface area contributed by atoms with Crippen molar-refractivity contribution in [1.29, 1.82) is 0 Å². The average molecular weight is 405 g/mol. The van der Waals surface area contributed by atoms with Gasteiger partial charge in [-0.05, 0) is 48.9 Å². The molecule has 1 aromatic carbocycles. The molecule has 0 saturated heterocycles. The number of anilines is 2. The van der Waals surface area contributed by atoms with Crippen molar-refractivity contribution in [3.05, 3.63) is 88.5 Å². The van der Waals surface area contributed by atoms with Gasteiger partial charge in [0.2, 0.25) is 0 Å². The Bertz CT molecular complexity index is 1050. The topological polar surface area (TPSA) is 37.0 Å². The lowest BCUT2D eigenvalue weighted by Gasteiger charge is -2.24. The number of hydrogen-bond donors (Lipinski definition) is 2. The van der Waals surface area contributed by atoms with E-state index in [1.54, 1.807) is 12.1 Å². The van der Waals surface area contributed by atoms with E-state index in [9.17, 15) is 17.6 Å². The summed E-state index contributed by atoms with van der Waals surface area (Å²) in [5, 5.41) is 6.16. The monoisotopic (exact) mass is 405 g/mol. The fourth-order valence-electron chi connectivity index (χ4n) is 2.96. The van der Waals surface area contributed by atoms with Crippen LogP contribution in [0.25, 0.3) is 0 Å². The molecule has 2 N–H and O–H groups in total. The molecule has 7 heteroatoms. The van der Waals surface area contributed by atoms with Crippen LogP contribution in [0.15, 0.2) is 71.4 Å². The molecule has 1 aliphatic carbocycles. The number of nitrogens with zero attached hydrogens (tertiary/aromatic N) is 1. The van der Waals surface area contributed by atoms with Gasteiger partial charge in [-0.3, -0.25) is 0 Å². The van der Waals surface area contributed by atoms with Gasteiger partial charge in [0.05, 0.1) is 22.7 Å². The summed E-state index contributed by atoms with van der Waals surface area (Å²) in [6, 6.07) is 8.28. The van der Waals surface area contributed by atoms with Crippen LogP contribution in [0.4, 0.5) is 29.1 Å². The van der Waals surface area contributed by atoms with Gasteiger partial charge in [-0.1, -0.05) is 19.2 Å². The molecule has 0 bridgehead atoms. The van der Waals surface area contributed by atoms with E-state index in [-0.39, 0.29) is 20.3 Å². The first-order valence-electron chi connectivity index (χ1n) is 8.90. The number of aromatic nitrogens is 1. The van der Waals surface area contributed by atoms with Crippen molar-refractivity contribution < 1.29 is 20.4 Å². The molecule has 0 radical (unpaired) electrons. The van der Waals surface area contributed by atoms with Gasteiger partial charge in [0.15, 0.2) is 0 Å². The molecule has 29 heavy (non-hydrogen) atoms. The third kappa shape index (κ3) is 4.77. The lowest BCUT2D eigenvalue weighted by molar-refractivity contribution is -0.138. The molecule has 0 amide bonds. The third-order valence-corrected chi connectivity index (χ3v) is 4.62. The third-order valence-electron chi connectivity index (χ3n) is 4.62. The van der Waals surface area contributed by atoms with Gasteiger partial charge in [0, 0.05) is 20.9 Å². The fourth-order valence-corrected chi connectivity index (χ4v) is 2.96. The van der Waals surface area contributed by atoms with Gasteiger partial charge in [-0.15, -0.1) is 5.73 Å². The van der Waals surface area contributed by atoms with E-state index < -0.39 is 11.7 Å². The number of aryl methyl sites for hydroxylation is 1. The zero-order valence-corrected chi connectivity index (χ0v) is 15.9. The van der Waals surface area contributed by atoms with Crippen LogP contribution in [-0.4, -0.2) is 4.98 Å². The zero-order chi connectivity index (χ0) is 21.2. The lowest BCUT2D eigenvalue weighted by Crippen LogP contribution is -2.17. The standard InChI is InChI=1S/C22H19F4N3.2H2/c1-4-20(28-17-7-5-16(23)6-8-17)13(2)15-11-18(12-15)29-21-10-9-19(14(3)27-21)22(24,25)26;;/h5-10,13,28H,1,11H2,2-3H3,(H,27,29);2*1H. The molecule has 154 valence electrons. The zero-order valence-electron chi connectivity index (χ0n) is 15.9. The van der Waals surface area contributed by atoms with Gasteiger partial charge in [-0.2, -0.15) is 13.2 Å². The summed E-state index contributed by atoms with van der Waals surface area (Å²) in [4.78, 5) is 3.97. The van der Waals surface area contributed by atoms with E-state index in [1.807, 2.05) is 6.92 Å². The van der Waals surface area contributed by atoms with Crippen LogP contribution in [0.2, 0.25) is 0 Å². The van der Waals surface area contributed by atoms with Crippen LogP contribution in [0, 0.1) is 18.7 Å². The summed E-state index contributed by atoms with van der Waals surface area (Å²) < 4.78 is 51.5. The largest absolute Gasteiger partial charge is 0.418 e. The van der Waals surface area contributed by atoms with Crippen molar-refractivity contribution >= 4 is 11.5 Å². The Kier molecular flexibility index (Phi) is 5.64. The van der Waals surface area contributed by atoms with Crippen LogP contribution in [0.1, 0.15) is 27.5 Å². The second-order valence-electron chi connectivity index (χ2n) is 6.70. The molecule has 3 rings (SSSR count). The van der Waals surface area contributed by atoms with E-state index in [0.717, 1.165) is 28.7 Å². The summed E-state index contributed by atoms with van der Waals surface area (Å²) in [6.07, 6.45) is -3.84. The Labute approximate surface area is 169 Å². The number of halogens is 4. The normalized spacial score (nSPS) is 14.1. The Morgan fingerprint density at radius 1 is 1.24 bits per heavy atom. The van der Waals surface area contributed by atoms with Gasteiger partial charge in [-0.25, -0.2) is 9.37 Å². The summed E-state index contributed by atoms with van der Waals surface area (Å²) in [6.45, 7) is 6.99. The second-order valence-corrected chi connectivity index (χ2v) is 6.70. The quantitative estimate of drug-likeness (QED) is 0.416. The molecule has 0 saturated carbocycles. The molecule has 0 spiro atoms. The first-order valence-corrected chi connectivity index (χ1v) is 8.90. The molecule has 0 fully saturated rings. The molecule has 3 nitrogen and oxygen atoms in total. The van der Waals surface area contributed by atoms with Crippen LogP contribution < -0.4 is 10.6 Å². The van der Waals surface area contributed by atoms with E-state index in [1.165, 1.54) is 25.1 Å². The van der Waals surface area contributed by atoms with Gasteiger partial charge >= 0.3 is 6.18 Å². The van der Waals surface area contributed by atoms with Crippen molar-refractivity contribution in [3.8, 4) is 0 Å². The molecule has 1 unspecified atom stereocenters. The fraction of sp³-hybridized carbons (Fsp3) is 0.227. The van der Waals surface area contributed by atoms with Crippen molar-refractivity contribution in [3.63, 3.8) is 0 Å². The Morgan fingerprint density at radius 2 is 1.90 bits per heavy atom. The molecule has 1 aromatic heterocycles. The maximum atomic E-state index is 13.0. The summed E-state index contributed by atoms with van der Waals surface area (Å²) in [5.41, 5.74) is 8.37. The number of hydrogen-bond acceptors (Lipinski definition) is 3.